The largest absolute Gasteiger partial charge is 0.444 e. The number of rotatable bonds is 5. The van der Waals surface area contributed by atoms with Crippen molar-refractivity contribution in [1.82, 2.24) is 5.32 Å². The maximum absolute atomic E-state index is 12.6. The number of aliphatic imine (C=N–C) groups is 1. The van der Waals surface area contributed by atoms with Crippen LogP contribution in [0.5, 0.6) is 0 Å². The van der Waals surface area contributed by atoms with Crippen molar-refractivity contribution in [1.29, 1.82) is 0 Å². The third-order valence-corrected chi connectivity index (χ3v) is 2.60. The molecule has 0 fully saturated rings. The highest BCUT2D eigenvalue weighted by Gasteiger charge is 2.31. The highest BCUT2D eigenvalue weighted by molar-refractivity contribution is 5.70. The van der Waals surface area contributed by atoms with E-state index in [1.807, 2.05) is 0 Å². The molecular formula is C15H18F3N3O3. The van der Waals surface area contributed by atoms with E-state index in [1.165, 1.54) is 6.08 Å². The molecule has 0 saturated heterocycles. The molecule has 2 N–H and O–H groups in total. The minimum absolute atomic E-state index is 0.167. The van der Waals surface area contributed by atoms with Gasteiger partial charge >= 0.3 is 12.3 Å². The van der Waals surface area contributed by atoms with Gasteiger partial charge in [0, 0.05) is 13.1 Å². The number of hydrogen-bond donors (Lipinski definition) is 2. The van der Waals surface area contributed by atoms with Crippen LogP contribution in [0.3, 0.4) is 0 Å². The lowest BCUT2D eigenvalue weighted by Crippen LogP contribution is -2.35. The number of carbonyl (C=O) groups excluding carboxylic acids is 2. The lowest BCUT2D eigenvalue weighted by atomic mass is 10.1. The zero-order valence-corrected chi connectivity index (χ0v) is 13.5. The van der Waals surface area contributed by atoms with E-state index >= 15 is 0 Å². The van der Waals surface area contributed by atoms with Gasteiger partial charge in [-0.3, -0.25) is 0 Å². The number of ether oxygens (including phenoxy) is 1. The van der Waals surface area contributed by atoms with Crippen LogP contribution < -0.4 is 10.6 Å². The molecule has 24 heavy (non-hydrogen) atoms. The minimum Gasteiger partial charge on any atom is -0.444 e. The second-order valence-corrected chi connectivity index (χ2v) is 5.79. The van der Waals surface area contributed by atoms with E-state index < -0.39 is 23.4 Å². The lowest BCUT2D eigenvalue weighted by Gasteiger charge is -2.19. The number of nitrogens with zero attached hydrogens (tertiary/aromatic N) is 1. The molecule has 0 spiro atoms. The van der Waals surface area contributed by atoms with Gasteiger partial charge in [-0.05, 0) is 39.0 Å². The van der Waals surface area contributed by atoms with Crippen molar-refractivity contribution in [2.75, 3.05) is 18.4 Å². The van der Waals surface area contributed by atoms with Gasteiger partial charge in [-0.2, -0.15) is 18.2 Å². The number of benzene rings is 1. The molecule has 0 aliphatic heterocycles. The third kappa shape index (κ3) is 6.70. The van der Waals surface area contributed by atoms with Crippen LogP contribution in [0.4, 0.5) is 29.3 Å². The van der Waals surface area contributed by atoms with Crippen LogP contribution in [-0.4, -0.2) is 30.9 Å². The number of amides is 1. The number of isocyanates is 1. The molecule has 0 atom stereocenters. The molecular weight excluding hydrogens is 327 g/mol. The molecule has 9 heteroatoms. The smallest absolute Gasteiger partial charge is 0.416 e. The Kier molecular flexibility index (Phi) is 6.36. The molecule has 1 rings (SSSR count). The first-order chi connectivity index (χ1) is 11.0. The zero-order valence-electron chi connectivity index (χ0n) is 13.5. The van der Waals surface area contributed by atoms with Crippen LogP contribution in [0.2, 0.25) is 0 Å². The predicted octanol–water partition coefficient (Wildman–Crippen LogP) is 3.61. The van der Waals surface area contributed by atoms with Crippen LogP contribution in [-0.2, 0) is 15.7 Å². The Labute approximate surface area is 137 Å². The summed E-state index contributed by atoms with van der Waals surface area (Å²) in [6.45, 7) is 5.52. The zero-order chi connectivity index (χ0) is 18.4. The number of nitrogens with one attached hydrogen (secondary N) is 2. The van der Waals surface area contributed by atoms with Crippen molar-refractivity contribution < 1.29 is 27.5 Å². The van der Waals surface area contributed by atoms with E-state index in [0.29, 0.717) is 0 Å². The lowest BCUT2D eigenvalue weighted by molar-refractivity contribution is -0.137. The van der Waals surface area contributed by atoms with Crippen molar-refractivity contribution in [3.05, 3.63) is 23.8 Å². The van der Waals surface area contributed by atoms with Crippen molar-refractivity contribution in [2.45, 2.75) is 32.5 Å². The fourth-order valence-electron chi connectivity index (χ4n) is 1.68. The number of anilines is 1. The summed E-state index contributed by atoms with van der Waals surface area (Å²) in [6.07, 6.45) is -3.93. The van der Waals surface area contributed by atoms with Crippen molar-refractivity contribution in [3.8, 4) is 0 Å². The first-order valence-electron chi connectivity index (χ1n) is 7.03. The van der Waals surface area contributed by atoms with Crippen LogP contribution in [0.15, 0.2) is 23.2 Å². The van der Waals surface area contributed by atoms with E-state index in [1.54, 1.807) is 20.8 Å². The van der Waals surface area contributed by atoms with Gasteiger partial charge in [0.15, 0.2) is 0 Å². The number of alkyl halides is 3. The topological polar surface area (TPSA) is 79.8 Å². The van der Waals surface area contributed by atoms with Crippen LogP contribution in [0.1, 0.15) is 26.3 Å². The quantitative estimate of drug-likeness (QED) is 0.485. The molecule has 1 aromatic carbocycles. The highest BCUT2D eigenvalue weighted by atomic mass is 19.4. The van der Waals surface area contributed by atoms with Crippen molar-refractivity contribution in [2.24, 2.45) is 4.99 Å². The number of alkyl carbamates (subject to hydrolysis) is 1. The summed E-state index contributed by atoms with van der Waals surface area (Å²) in [6, 6.07) is 2.77. The van der Waals surface area contributed by atoms with Gasteiger partial charge in [0.2, 0.25) is 6.08 Å². The van der Waals surface area contributed by atoms with Gasteiger partial charge in [-0.25, -0.2) is 9.59 Å². The van der Waals surface area contributed by atoms with Crippen LogP contribution in [0, 0.1) is 0 Å². The monoisotopic (exact) mass is 345 g/mol. The summed E-state index contributed by atoms with van der Waals surface area (Å²) < 4.78 is 43.0. The van der Waals surface area contributed by atoms with Gasteiger partial charge in [-0.1, -0.05) is 0 Å². The molecule has 0 aromatic heterocycles. The standard InChI is InChI=1S/C15H18F3N3O3/c1-14(2,3)24-13(23)20-7-6-19-11-5-4-10(15(16,17)18)8-12(11)21-9-22/h4-5,8,19H,6-7H2,1-3H3,(H,20,23). The average molecular weight is 345 g/mol. The van der Waals surface area contributed by atoms with Gasteiger partial charge < -0.3 is 15.4 Å². The van der Waals surface area contributed by atoms with E-state index in [4.69, 9.17) is 4.74 Å². The Hall–Kier alpha value is -2.54. The maximum atomic E-state index is 12.6. The Bertz CT molecular complexity index is 633. The van der Waals surface area contributed by atoms with Gasteiger partial charge in [0.05, 0.1) is 16.9 Å². The molecule has 0 aliphatic carbocycles. The summed E-state index contributed by atoms with van der Waals surface area (Å²) >= 11 is 0. The Morgan fingerprint density at radius 3 is 2.46 bits per heavy atom. The second-order valence-electron chi connectivity index (χ2n) is 5.79. The fraction of sp³-hybridized carbons (Fsp3) is 0.467. The van der Waals surface area contributed by atoms with Gasteiger partial charge in [-0.15, -0.1) is 0 Å². The summed E-state index contributed by atoms with van der Waals surface area (Å²) in [4.78, 5) is 25.1. The molecule has 1 aromatic rings. The molecule has 1 amide bonds. The van der Waals surface area contributed by atoms with E-state index in [9.17, 15) is 22.8 Å². The molecule has 0 radical (unpaired) electrons. The molecule has 0 aliphatic rings. The van der Waals surface area contributed by atoms with E-state index in [0.717, 1.165) is 18.2 Å². The van der Waals surface area contributed by atoms with E-state index in [2.05, 4.69) is 15.6 Å². The second kappa shape index (κ2) is 7.83. The molecule has 0 heterocycles. The molecule has 132 valence electrons. The fourth-order valence-corrected chi connectivity index (χ4v) is 1.68. The average Bonchev–Trinajstić information content (AvgIpc) is 2.42. The number of halogens is 3. The minimum atomic E-state index is -4.54. The summed E-state index contributed by atoms with van der Waals surface area (Å²) in [5, 5.41) is 5.27. The Morgan fingerprint density at radius 1 is 1.25 bits per heavy atom. The normalized spacial score (nSPS) is 11.4. The molecule has 6 nitrogen and oxygen atoms in total. The molecule has 0 saturated carbocycles. The van der Waals surface area contributed by atoms with Crippen molar-refractivity contribution >= 4 is 23.5 Å². The molecule has 0 unspecified atom stereocenters. The first kappa shape index (κ1) is 19.5. The highest BCUT2D eigenvalue weighted by Crippen LogP contribution is 2.35. The Balaban J connectivity index is 2.65. The third-order valence-electron chi connectivity index (χ3n) is 2.60. The maximum Gasteiger partial charge on any atom is 0.416 e. The van der Waals surface area contributed by atoms with Gasteiger partial charge in [0.1, 0.15) is 5.60 Å². The number of carbonyl (C=O) groups is 1. The summed E-state index contributed by atoms with van der Waals surface area (Å²) in [5.74, 6) is 0. The van der Waals surface area contributed by atoms with Crippen molar-refractivity contribution in [3.63, 3.8) is 0 Å². The summed E-state index contributed by atoms with van der Waals surface area (Å²) in [7, 11) is 0. The summed E-state index contributed by atoms with van der Waals surface area (Å²) in [5.41, 5.74) is -1.51. The predicted molar refractivity (Wildman–Crippen MR) is 82.0 cm³/mol. The number of hydrogen-bond acceptors (Lipinski definition) is 5. The first-order valence-corrected chi connectivity index (χ1v) is 7.03. The van der Waals surface area contributed by atoms with Crippen LogP contribution >= 0.6 is 0 Å². The van der Waals surface area contributed by atoms with Crippen LogP contribution in [0.25, 0.3) is 0 Å². The van der Waals surface area contributed by atoms with Gasteiger partial charge in [0.25, 0.3) is 0 Å². The van der Waals surface area contributed by atoms with E-state index in [-0.39, 0.29) is 24.5 Å². The Morgan fingerprint density at radius 2 is 1.92 bits per heavy atom. The molecule has 0 bridgehead atoms. The SMILES string of the molecule is CC(C)(C)OC(=O)NCCNc1ccc(C(F)(F)F)cc1N=C=O.